The van der Waals surface area contributed by atoms with Gasteiger partial charge in [-0.15, -0.1) is 11.3 Å². The summed E-state index contributed by atoms with van der Waals surface area (Å²) < 4.78 is 0.852. The second kappa shape index (κ2) is 7.83. The molecule has 0 aliphatic rings. The van der Waals surface area contributed by atoms with Crippen LogP contribution in [0.3, 0.4) is 0 Å². The largest absolute Gasteiger partial charge is 0.369 e. The van der Waals surface area contributed by atoms with Gasteiger partial charge in [-0.25, -0.2) is 0 Å². The van der Waals surface area contributed by atoms with Crippen LogP contribution in [0.15, 0.2) is 36.4 Å². The van der Waals surface area contributed by atoms with Crippen LogP contribution in [-0.4, -0.2) is 13.6 Å². The molecule has 2 aromatic rings. The van der Waals surface area contributed by atoms with Gasteiger partial charge in [0.2, 0.25) is 0 Å². The van der Waals surface area contributed by atoms with E-state index in [1.54, 1.807) is 11.3 Å². The van der Waals surface area contributed by atoms with E-state index >= 15 is 0 Å². The number of nitrogens with zero attached hydrogens (tertiary/aromatic N) is 1. The Morgan fingerprint density at radius 1 is 1.19 bits per heavy atom. The maximum absolute atomic E-state index is 6.01. The van der Waals surface area contributed by atoms with Gasteiger partial charge >= 0.3 is 0 Å². The van der Waals surface area contributed by atoms with E-state index in [1.807, 2.05) is 6.07 Å². The summed E-state index contributed by atoms with van der Waals surface area (Å²) in [6, 6.07) is 12.6. The maximum atomic E-state index is 6.01. The number of anilines is 1. The summed E-state index contributed by atoms with van der Waals surface area (Å²) in [5, 5.41) is 3.52. The first-order valence-corrected chi connectivity index (χ1v) is 8.49. The monoisotopic (exact) mass is 322 g/mol. The van der Waals surface area contributed by atoms with Crippen molar-refractivity contribution in [3.05, 3.63) is 51.2 Å². The third kappa shape index (κ3) is 5.03. The Morgan fingerprint density at radius 2 is 1.95 bits per heavy atom. The van der Waals surface area contributed by atoms with Crippen molar-refractivity contribution in [1.82, 2.24) is 5.32 Å². The number of para-hydroxylation sites is 1. The number of thiophene rings is 1. The van der Waals surface area contributed by atoms with E-state index in [0.717, 1.165) is 24.0 Å². The molecule has 114 valence electrons. The molecule has 1 N–H and O–H groups in total. The molecule has 21 heavy (non-hydrogen) atoms. The van der Waals surface area contributed by atoms with Crippen molar-refractivity contribution in [2.45, 2.75) is 26.9 Å². The molecule has 0 spiro atoms. The lowest BCUT2D eigenvalue weighted by Gasteiger charge is -2.22. The second-order valence-electron chi connectivity index (χ2n) is 5.72. The first-order chi connectivity index (χ1) is 10.1. The van der Waals surface area contributed by atoms with Crippen molar-refractivity contribution in [3.63, 3.8) is 0 Å². The summed E-state index contributed by atoms with van der Waals surface area (Å²) in [4.78, 5) is 3.57. The zero-order valence-corrected chi connectivity index (χ0v) is 14.5. The van der Waals surface area contributed by atoms with E-state index in [1.165, 1.54) is 16.1 Å². The fourth-order valence-electron chi connectivity index (χ4n) is 2.28. The summed E-state index contributed by atoms with van der Waals surface area (Å²) >= 11 is 7.66. The van der Waals surface area contributed by atoms with Crippen molar-refractivity contribution >= 4 is 28.6 Å². The van der Waals surface area contributed by atoms with Crippen molar-refractivity contribution in [3.8, 4) is 0 Å². The summed E-state index contributed by atoms with van der Waals surface area (Å²) in [7, 11) is 2.13. The van der Waals surface area contributed by atoms with E-state index in [0.29, 0.717) is 5.92 Å². The quantitative estimate of drug-likeness (QED) is 0.789. The van der Waals surface area contributed by atoms with Crippen molar-refractivity contribution in [2.24, 2.45) is 5.92 Å². The molecule has 2 rings (SSSR count). The smallest absolute Gasteiger partial charge is 0.0931 e. The Hall–Kier alpha value is -1.03. The predicted octanol–water partition coefficient (Wildman–Crippen LogP) is 4.78. The van der Waals surface area contributed by atoms with Gasteiger partial charge in [-0.05, 0) is 36.2 Å². The molecule has 0 unspecified atom stereocenters. The van der Waals surface area contributed by atoms with Gasteiger partial charge in [0, 0.05) is 24.2 Å². The first-order valence-electron chi connectivity index (χ1n) is 7.30. The zero-order chi connectivity index (χ0) is 15.2. The van der Waals surface area contributed by atoms with Crippen LogP contribution in [0.25, 0.3) is 0 Å². The minimum atomic E-state index is 0.670. The van der Waals surface area contributed by atoms with Crippen LogP contribution in [0.4, 0.5) is 5.69 Å². The Labute approximate surface area is 136 Å². The molecule has 0 aliphatic carbocycles. The minimum absolute atomic E-state index is 0.670. The Kier molecular flexibility index (Phi) is 6.09. The van der Waals surface area contributed by atoms with Crippen molar-refractivity contribution < 1.29 is 0 Å². The van der Waals surface area contributed by atoms with Crippen molar-refractivity contribution in [2.75, 3.05) is 18.5 Å². The van der Waals surface area contributed by atoms with Gasteiger partial charge in [0.05, 0.1) is 10.9 Å². The van der Waals surface area contributed by atoms with E-state index in [4.69, 9.17) is 11.6 Å². The number of rotatable bonds is 7. The third-order valence-electron chi connectivity index (χ3n) is 3.29. The lowest BCUT2D eigenvalue weighted by atomic mass is 10.1. The highest BCUT2D eigenvalue weighted by atomic mass is 35.5. The van der Waals surface area contributed by atoms with E-state index in [9.17, 15) is 0 Å². The van der Waals surface area contributed by atoms with Gasteiger partial charge in [0.1, 0.15) is 0 Å². The van der Waals surface area contributed by atoms with Crippen LogP contribution in [0.2, 0.25) is 4.34 Å². The molecule has 1 heterocycles. The molecular weight excluding hydrogens is 300 g/mol. The Morgan fingerprint density at radius 3 is 2.62 bits per heavy atom. The van der Waals surface area contributed by atoms with Gasteiger partial charge in [-0.2, -0.15) is 0 Å². The molecule has 0 aliphatic heterocycles. The topological polar surface area (TPSA) is 15.3 Å². The normalized spacial score (nSPS) is 11.1. The number of hydrogen-bond donors (Lipinski definition) is 1. The molecule has 0 atom stereocenters. The highest BCUT2D eigenvalue weighted by Gasteiger charge is 2.09. The summed E-state index contributed by atoms with van der Waals surface area (Å²) in [6.07, 6.45) is 0. The van der Waals surface area contributed by atoms with Gasteiger partial charge < -0.3 is 10.2 Å². The molecule has 0 amide bonds. The van der Waals surface area contributed by atoms with Gasteiger partial charge in [0.15, 0.2) is 0 Å². The minimum Gasteiger partial charge on any atom is -0.369 e. The van der Waals surface area contributed by atoms with Crippen LogP contribution >= 0.6 is 22.9 Å². The van der Waals surface area contributed by atoms with Crippen LogP contribution < -0.4 is 10.2 Å². The lowest BCUT2D eigenvalue weighted by Crippen LogP contribution is -2.22. The summed E-state index contributed by atoms with van der Waals surface area (Å²) in [5.74, 6) is 0.670. The molecule has 2 nitrogen and oxygen atoms in total. The van der Waals surface area contributed by atoms with Gasteiger partial charge in [-0.3, -0.25) is 0 Å². The lowest BCUT2D eigenvalue weighted by molar-refractivity contribution is 0.552. The SMILES string of the molecule is CC(C)CNCc1ccccc1N(C)Cc1ccc(Cl)s1. The molecule has 1 aromatic heterocycles. The van der Waals surface area contributed by atoms with Crippen LogP contribution in [-0.2, 0) is 13.1 Å². The molecule has 0 saturated carbocycles. The van der Waals surface area contributed by atoms with E-state index in [2.05, 4.69) is 61.4 Å². The fourth-order valence-corrected chi connectivity index (χ4v) is 3.42. The molecule has 4 heteroatoms. The van der Waals surface area contributed by atoms with Crippen LogP contribution in [0, 0.1) is 5.92 Å². The summed E-state index contributed by atoms with van der Waals surface area (Å²) in [6.45, 7) is 7.29. The second-order valence-corrected chi connectivity index (χ2v) is 7.51. The van der Waals surface area contributed by atoms with Crippen molar-refractivity contribution in [1.29, 1.82) is 0 Å². The number of halogens is 1. The van der Waals surface area contributed by atoms with Gasteiger partial charge in [-0.1, -0.05) is 43.6 Å². The van der Waals surface area contributed by atoms with E-state index in [-0.39, 0.29) is 0 Å². The predicted molar refractivity (Wildman–Crippen MR) is 94.4 cm³/mol. The molecule has 0 bridgehead atoms. The molecule has 0 radical (unpaired) electrons. The zero-order valence-electron chi connectivity index (χ0n) is 12.9. The number of hydrogen-bond acceptors (Lipinski definition) is 3. The molecule has 0 fully saturated rings. The third-order valence-corrected chi connectivity index (χ3v) is 4.51. The average Bonchev–Trinajstić information content (AvgIpc) is 2.84. The van der Waals surface area contributed by atoms with Crippen LogP contribution in [0.1, 0.15) is 24.3 Å². The average molecular weight is 323 g/mol. The maximum Gasteiger partial charge on any atom is 0.0931 e. The highest BCUT2D eigenvalue weighted by molar-refractivity contribution is 7.16. The summed E-state index contributed by atoms with van der Waals surface area (Å²) in [5.41, 5.74) is 2.61. The molecule has 0 saturated heterocycles. The fraction of sp³-hybridized carbons (Fsp3) is 0.412. The molecular formula is C17H23ClN2S. The number of nitrogens with one attached hydrogen (secondary N) is 1. The number of benzene rings is 1. The Balaban J connectivity index is 2.04. The Bertz CT molecular complexity index is 565. The first kappa shape index (κ1) is 16.3. The standard InChI is InChI=1S/C17H23ClN2S/c1-13(2)10-19-11-14-6-4-5-7-16(14)20(3)12-15-8-9-17(18)21-15/h4-9,13,19H,10-12H2,1-3H3. The van der Waals surface area contributed by atoms with Gasteiger partial charge in [0.25, 0.3) is 0 Å². The molecule has 1 aromatic carbocycles. The van der Waals surface area contributed by atoms with E-state index < -0.39 is 0 Å². The highest BCUT2D eigenvalue weighted by Crippen LogP contribution is 2.26. The van der Waals surface area contributed by atoms with Crippen LogP contribution in [0.5, 0.6) is 0 Å².